The normalized spacial score (nSPS) is 13.5. The number of nitrogens with zero attached hydrogens (tertiary/aromatic N) is 3. The molecule has 0 saturated heterocycles. The molecule has 2 heterocycles. The van der Waals surface area contributed by atoms with E-state index in [1.807, 2.05) is 6.92 Å². The van der Waals surface area contributed by atoms with E-state index in [0.29, 0.717) is 18.2 Å². The van der Waals surface area contributed by atoms with Crippen LogP contribution in [-0.4, -0.2) is 29.0 Å². The number of rotatable bonds is 5. The van der Waals surface area contributed by atoms with Crippen LogP contribution in [0.25, 0.3) is 0 Å². The van der Waals surface area contributed by atoms with Gasteiger partial charge in [0.15, 0.2) is 0 Å². The second kappa shape index (κ2) is 7.43. The lowest BCUT2D eigenvalue weighted by Gasteiger charge is -2.29. The van der Waals surface area contributed by atoms with Gasteiger partial charge >= 0.3 is 0 Å². The lowest BCUT2D eigenvalue weighted by Crippen LogP contribution is -2.33. The van der Waals surface area contributed by atoms with Crippen molar-refractivity contribution in [1.29, 1.82) is 0 Å². The fraction of sp³-hybridized carbons (Fsp3) is 0.421. The second-order valence-corrected chi connectivity index (χ2v) is 6.24. The standard InChI is InChI=1S/C19H24N4O/c1-3-4-10-20-18(24)17-12-14(2)21-19(22-17)23-11-9-15-7-5-6-8-16(15)13-23/h5-8,12H,3-4,9-11,13H2,1-2H3,(H,20,24). The van der Waals surface area contributed by atoms with Crippen molar-refractivity contribution in [3.8, 4) is 0 Å². The van der Waals surface area contributed by atoms with Crippen LogP contribution in [-0.2, 0) is 13.0 Å². The molecule has 1 aromatic carbocycles. The van der Waals surface area contributed by atoms with Gasteiger partial charge in [-0.15, -0.1) is 0 Å². The fourth-order valence-electron chi connectivity index (χ4n) is 2.95. The molecule has 3 rings (SSSR count). The van der Waals surface area contributed by atoms with Crippen molar-refractivity contribution in [2.45, 2.75) is 39.7 Å². The van der Waals surface area contributed by atoms with E-state index >= 15 is 0 Å². The number of aryl methyl sites for hydroxylation is 1. The van der Waals surface area contributed by atoms with E-state index in [1.165, 1.54) is 11.1 Å². The van der Waals surface area contributed by atoms with Crippen molar-refractivity contribution in [2.24, 2.45) is 0 Å². The number of nitrogens with one attached hydrogen (secondary N) is 1. The van der Waals surface area contributed by atoms with Crippen molar-refractivity contribution in [2.75, 3.05) is 18.0 Å². The quantitative estimate of drug-likeness (QED) is 0.859. The Morgan fingerprint density at radius 2 is 2.04 bits per heavy atom. The first-order valence-electron chi connectivity index (χ1n) is 8.63. The zero-order valence-corrected chi connectivity index (χ0v) is 14.4. The van der Waals surface area contributed by atoms with E-state index in [1.54, 1.807) is 6.07 Å². The van der Waals surface area contributed by atoms with Crippen molar-refractivity contribution in [3.63, 3.8) is 0 Å². The monoisotopic (exact) mass is 324 g/mol. The van der Waals surface area contributed by atoms with Crippen LogP contribution in [0.5, 0.6) is 0 Å². The fourth-order valence-corrected chi connectivity index (χ4v) is 2.95. The van der Waals surface area contributed by atoms with Gasteiger partial charge in [-0.2, -0.15) is 0 Å². The Balaban J connectivity index is 1.78. The van der Waals surface area contributed by atoms with Crippen LogP contribution >= 0.6 is 0 Å². The number of hydrogen-bond donors (Lipinski definition) is 1. The maximum absolute atomic E-state index is 12.3. The number of amides is 1. The van der Waals surface area contributed by atoms with Crippen LogP contribution in [0.1, 0.15) is 47.1 Å². The Morgan fingerprint density at radius 3 is 2.83 bits per heavy atom. The number of unbranched alkanes of at least 4 members (excludes halogenated alkanes) is 1. The van der Waals surface area contributed by atoms with Gasteiger partial charge in [-0.1, -0.05) is 37.6 Å². The first-order valence-corrected chi connectivity index (χ1v) is 8.63. The van der Waals surface area contributed by atoms with Crippen LogP contribution in [0.2, 0.25) is 0 Å². The summed E-state index contributed by atoms with van der Waals surface area (Å²) >= 11 is 0. The topological polar surface area (TPSA) is 58.1 Å². The molecule has 2 aromatic rings. The predicted octanol–water partition coefficient (Wildman–Crippen LogP) is 2.88. The van der Waals surface area contributed by atoms with Gasteiger partial charge in [0.2, 0.25) is 5.95 Å². The number of fused-ring (bicyclic) bond motifs is 1. The molecular formula is C19H24N4O. The minimum Gasteiger partial charge on any atom is -0.351 e. The van der Waals surface area contributed by atoms with Crippen molar-refractivity contribution in [3.05, 3.63) is 52.8 Å². The lowest BCUT2D eigenvalue weighted by molar-refractivity contribution is 0.0948. The molecule has 0 radical (unpaired) electrons. The van der Waals surface area contributed by atoms with Gasteiger partial charge < -0.3 is 10.2 Å². The molecular weight excluding hydrogens is 300 g/mol. The molecule has 1 amide bonds. The summed E-state index contributed by atoms with van der Waals surface area (Å²) in [7, 11) is 0. The van der Waals surface area contributed by atoms with E-state index < -0.39 is 0 Å². The summed E-state index contributed by atoms with van der Waals surface area (Å²) in [5, 5.41) is 2.93. The summed E-state index contributed by atoms with van der Waals surface area (Å²) in [5.41, 5.74) is 3.97. The van der Waals surface area contributed by atoms with E-state index in [4.69, 9.17) is 0 Å². The number of carbonyl (C=O) groups excluding carboxylic acids is 1. The van der Waals surface area contributed by atoms with Gasteiger partial charge in [0.25, 0.3) is 5.91 Å². The summed E-state index contributed by atoms with van der Waals surface area (Å²) in [6, 6.07) is 10.2. The number of hydrogen-bond acceptors (Lipinski definition) is 4. The third-order valence-corrected chi connectivity index (χ3v) is 4.30. The Hall–Kier alpha value is -2.43. The highest BCUT2D eigenvalue weighted by molar-refractivity contribution is 5.92. The molecule has 0 aliphatic carbocycles. The largest absolute Gasteiger partial charge is 0.351 e. The SMILES string of the molecule is CCCCNC(=O)c1cc(C)nc(N2CCc3ccccc3C2)n1. The highest BCUT2D eigenvalue weighted by atomic mass is 16.1. The second-order valence-electron chi connectivity index (χ2n) is 6.24. The van der Waals surface area contributed by atoms with Gasteiger partial charge in [0, 0.05) is 25.3 Å². The summed E-state index contributed by atoms with van der Waals surface area (Å²) in [6.07, 6.45) is 3.01. The maximum Gasteiger partial charge on any atom is 0.270 e. The van der Waals surface area contributed by atoms with E-state index in [-0.39, 0.29) is 5.91 Å². The Bertz CT molecular complexity index is 729. The Morgan fingerprint density at radius 1 is 1.25 bits per heavy atom. The van der Waals surface area contributed by atoms with Crippen LogP contribution in [0.4, 0.5) is 5.95 Å². The zero-order chi connectivity index (χ0) is 16.9. The summed E-state index contributed by atoms with van der Waals surface area (Å²) < 4.78 is 0. The molecule has 0 atom stereocenters. The van der Waals surface area contributed by atoms with Crippen molar-refractivity contribution in [1.82, 2.24) is 15.3 Å². The van der Waals surface area contributed by atoms with Gasteiger partial charge in [-0.25, -0.2) is 9.97 Å². The van der Waals surface area contributed by atoms with Gasteiger partial charge in [0.1, 0.15) is 5.69 Å². The molecule has 0 fully saturated rings. The summed E-state index contributed by atoms with van der Waals surface area (Å²) in [4.78, 5) is 23.5. The lowest BCUT2D eigenvalue weighted by atomic mass is 10.0. The molecule has 0 unspecified atom stereocenters. The predicted molar refractivity (Wildman–Crippen MR) is 95.2 cm³/mol. The molecule has 5 nitrogen and oxygen atoms in total. The summed E-state index contributed by atoms with van der Waals surface area (Å²) in [6.45, 7) is 6.36. The first kappa shape index (κ1) is 16.4. The molecule has 5 heteroatoms. The molecule has 1 aliphatic rings. The molecule has 24 heavy (non-hydrogen) atoms. The number of benzene rings is 1. The minimum atomic E-state index is -0.118. The third kappa shape index (κ3) is 3.72. The number of anilines is 1. The maximum atomic E-state index is 12.3. The average Bonchev–Trinajstić information content (AvgIpc) is 2.61. The molecule has 126 valence electrons. The highest BCUT2D eigenvalue weighted by Crippen LogP contribution is 2.22. The first-order chi connectivity index (χ1) is 11.7. The molecule has 0 saturated carbocycles. The van der Waals surface area contributed by atoms with E-state index in [9.17, 15) is 4.79 Å². The van der Waals surface area contributed by atoms with Crippen LogP contribution in [0.15, 0.2) is 30.3 Å². The third-order valence-electron chi connectivity index (χ3n) is 4.30. The summed E-state index contributed by atoms with van der Waals surface area (Å²) in [5.74, 6) is 0.526. The molecule has 0 bridgehead atoms. The average molecular weight is 324 g/mol. The molecule has 0 spiro atoms. The van der Waals surface area contributed by atoms with Gasteiger partial charge in [-0.3, -0.25) is 4.79 Å². The smallest absolute Gasteiger partial charge is 0.270 e. The molecule has 1 aromatic heterocycles. The number of aromatic nitrogens is 2. The van der Waals surface area contributed by atoms with Crippen LogP contribution < -0.4 is 10.2 Å². The highest BCUT2D eigenvalue weighted by Gasteiger charge is 2.20. The Labute approximate surface area is 143 Å². The van der Waals surface area contributed by atoms with Crippen molar-refractivity contribution < 1.29 is 4.79 Å². The van der Waals surface area contributed by atoms with E-state index in [0.717, 1.165) is 38.0 Å². The van der Waals surface area contributed by atoms with Gasteiger partial charge in [-0.05, 0) is 37.0 Å². The van der Waals surface area contributed by atoms with Crippen LogP contribution in [0, 0.1) is 6.92 Å². The molecule has 1 N–H and O–H groups in total. The van der Waals surface area contributed by atoms with E-state index in [2.05, 4.69) is 51.4 Å². The zero-order valence-electron chi connectivity index (χ0n) is 14.4. The molecule has 1 aliphatic heterocycles. The Kier molecular flexibility index (Phi) is 5.08. The number of carbonyl (C=O) groups is 1. The minimum absolute atomic E-state index is 0.118. The van der Waals surface area contributed by atoms with Crippen LogP contribution in [0.3, 0.4) is 0 Å². The van der Waals surface area contributed by atoms with Gasteiger partial charge in [0.05, 0.1) is 0 Å². The van der Waals surface area contributed by atoms with Crippen molar-refractivity contribution >= 4 is 11.9 Å².